The summed E-state index contributed by atoms with van der Waals surface area (Å²) in [4.78, 5) is 23.1. The van der Waals surface area contributed by atoms with E-state index in [2.05, 4.69) is 4.74 Å². The lowest BCUT2D eigenvalue weighted by atomic mass is 10.1. The Morgan fingerprint density at radius 1 is 1.20 bits per heavy atom. The number of ether oxygens (including phenoxy) is 1. The van der Waals surface area contributed by atoms with Gasteiger partial charge in [-0.2, -0.15) is 0 Å². The summed E-state index contributed by atoms with van der Waals surface area (Å²) in [6.07, 6.45) is 1.88. The first-order valence-corrected chi connectivity index (χ1v) is 6.15. The molecular formula is C15H15NO4. The third kappa shape index (κ3) is 2.88. The fourth-order valence-corrected chi connectivity index (χ4v) is 2.09. The Hall–Kier alpha value is -2.56. The number of nitrogens with zero attached hydrogens (tertiary/aromatic N) is 1. The molecule has 0 saturated heterocycles. The zero-order valence-electron chi connectivity index (χ0n) is 11.0. The lowest BCUT2D eigenvalue weighted by Gasteiger charge is -2.17. The number of carboxylic acid groups (broad SMARTS) is 1. The summed E-state index contributed by atoms with van der Waals surface area (Å²) in [5.41, 5.74) is 1.13. The summed E-state index contributed by atoms with van der Waals surface area (Å²) in [5.74, 6) is -1.54. The number of hydrogen-bond donors (Lipinski definition) is 1. The van der Waals surface area contributed by atoms with E-state index in [9.17, 15) is 14.7 Å². The quantitative estimate of drug-likeness (QED) is 0.847. The molecule has 1 unspecified atom stereocenters. The highest BCUT2D eigenvalue weighted by Gasteiger charge is 2.24. The summed E-state index contributed by atoms with van der Waals surface area (Å²) < 4.78 is 6.09. The van der Waals surface area contributed by atoms with Gasteiger partial charge in [0.05, 0.1) is 7.11 Å². The molecule has 20 heavy (non-hydrogen) atoms. The van der Waals surface area contributed by atoms with Crippen molar-refractivity contribution in [3.63, 3.8) is 0 Å². The topological polar surface area (TPSA) is 68.5 Å². The Balaban J connectivity index is 2.32. The number of rotatable bonds is 5. The first-order valence-electron chi connectivity index (χ1n) is 6.15. The molecule has 0 aliphatic carbocycles. The molecule has 0 spiro atoms. The van der Waals surface area contributed by atoms with Gasteiger partial charge in [0.25, 0.3) is 0 Å². The van der Waals surface area contributed by atoms with Gasteiger partial charge in [0.2, 0.25) is 0 Å². The van der Waals surface area contributed by atoms with Crippen LogP contribution in [0.1, 0.15) is 22.1 Å². The Labute approximate surface area is 116 Å². The van der Waals surface area contributed by atoms with E-state index < -0.39 is 18.0 Å². The third-order valence-corrected chi connectivity index (χ3v) is 3.07. The normalized spacial score (nSPS) is 11.8. The fourth-order valence-electron chi connectivity index (χ4n) is 2.09. The van der Waals surface area contributed by atoms with E-state index >= 15 is 0 Å². The molecule has 0 bridgehead atoms. The second-order valence-electron chi connectivity index (χ2n) is 4.34. The zero-order chi connectivity index (χ0) is 14.5. The minimum absolute atomic E-state index is 0.232. The number of methoxy groups -OCH3 is 1. The van der Waals surface area contributed by atoms with Crippen LogP contribution in [0.5, 0.6) is 0 Å². The second kappa shape index (κ2) is 6.06. The third-order valence-electron chi connectivity index (χ3n) is 3.07. The average molecular weight is 273 g/mol. The van der Waals surface area contributed by atoms with Crippen LogP contribution in [0.2, 0.25) is 0 Å². The standard InChI is InChI=1S/C15H15NO4/c1-20-15(19)12-8-5-9-16(12)13(14(17)18)10-11-6-3-2-4-7-11/h2-9,13H,10H2,1H3,(H,17,18). The van der Waals surface area contributed by atoms with Gasteiger partial charge in [-0.05, 0) is 17.7 Å². The fraction of sp³-hybridized carbons (Fsp3) is 0.200. The maximum Gasteiger partial charge on any atom is 0.354 e. The van der Waals surface area contributed by atoms with Gasteiger partial charge in [-0.1, -0.05) is 30.3 Å². The minimum atomic E-state index is -0.991. The van der Waals surface area contributed by atoms with Crippen molar-refractivity contribution >= 4 is 11.9 Å². The molecule has 1 heterocycles. The predicted molar refractivity (Wildman–Crippen MR) is 72.6 cm³/mol. The predicted octanol–water partition coefficient (Wildman–Crippen LogP) is 2.14. The number of benzene rings is 1. The number of esters is 1. The highest BCUT2D eigenvalue weighted by molar-refractivity contribution is 5.88. The van der Waals surface area contributed by atoms with E-state index in [1.807, 2.05) is 30.3 Å². The first-order chi connectivity index (χ1) is 9.63. The minimum Gasteiger partial charge on any atom is -0.480 e. The van der Waals surface area contributed by atoms with Crippen LogP contribution in [0.3, 0.4) is 0 Å². The largest absolute Gasteiger partial charge is 0.480 e. The zero-order valence-corrected chi connectivity index (χ0v) is 11.0. The van der Waals surface area contributed by atoms with Crippen LogP contribution in [0.25, 0.3) is 0 Å². The van der Waals surface area contributed by atoms with Crippen molar-refractivity contribution in [1.29, 1.82) is 0 Å². The van der Waals surface area contributed by atoms with Crippen LogP contribution in [0.15, 0.2) is 48.7 Å². The van der Waals surface area contributed by atoms with Crippen LogP contribution >= 0.6 is 0 Å². The van der Waals surface area contributed by atoms with Gasteiger partial charge in [0.15, 0.2) is 0 Å². The molecule has 0 amide bonds. The van der Waals surface area contributed by atoms with E-state index in [0.29, 0.717) is 6.42 Å². The molecule has 2 aromatic rings. The molecule has 104 valence electrons. The highest BCUT2D eigenvalue weighted by Crippen LogP contribution is 2.18. The Bertz CT molecular complexity index is 603. The molecule has 2 rings (SSSR count). The van der Waals surface area contributed by atoms with E-state index in [1.165, 1.54) is 11.7 Å². The maximum absolute atomic E-state index is 11.6. The van der Waals surface area contributed by atoms with Gasteiger partial charge in [0, 0.05) is 12.6 Å². The second-order valence-corrected chi connectivity index (χ2v) is 4.34. The number of aromatic nitrogens is 1. The van der Waals surface area contributed by atoms with E-state index in [0.717, 1.165) is 5.56 Å². The van der Waals surface area contributed by atoms with E-state index in [1.54, 1.807) is 18.3 Å². The van der Waals surface area contributed by atoms with Crippen molar-refractivity contribution in [1.82, 2.24) is 4.57 Å². The molecule has 0 aliphatic heterocycles. The average Bonchev–Trinajstić information content (AvgIpc) is 2.93. The van der Waals surface area contributed by atoms with Crippen LogP contribution in [-0.2, 0) is 16.0 Å². The Kier molecular flexibility index (Phi) is 4.20. The number of carbonyl (C=O) groups is 2. The number of carboxylic acids is 1. The van der Waals surface area contributed by atoms with Gasteiger partial charge < -0.3 is 14.4 Å². The summed E-state index contributed by atoms with van der Waals surface area (Å²) in [5, 5.41) is 9.41. The van der Waals surface area contributed by atoms with Crippen molar-refractivity contribution in [2.75, 3.05) is 7.11 Å². The lowest BCUT2D eigenvalue weighted by molar-refractivity contribution is -0.140. The van der Waals surface area contributed by atoms with Gasteiger partial charge in [-0.3, -0.25) is 0 Å². The summed E-state index contributed by atoms with van der Waals surface area (Å²) in [6.45, 7) is 0. The van der Waals surface area contributed by atoms with Crippen molar-refractivity contribution in [3.05, 3.63) is 59.9 Å². The molecule has 0 saturated carbocycles. The molecule has 5 heteroatoms. The summed E-state index contributed by atoms with van der Waals surface area (Å²) in [6, 6.07) is 11.6. The number of hydrogen-bond acceptors (Lipinski definition) is 3. The van der Waals surface area contributed by atoms with Crippen LogP contribution < -0.4 is 0 Å². The molecule has 0 fully saturated rings. The lowest BCUT2D eigenvalue weighted by Crippen LogP contribution is -2.24. The highest BCUT2D eigenvalue weighted by atomic mass is 16.5. The van der Waals surface area contributed by atoms with Gasteiger partial charge in [-0.25, -0.2) is 9.59 Å². The maximum atomic E-state index is 11.6. The van der Waals surface area contributed by atoms with E-state index in [-0.39, 0.29) is 5.69 Å². The molecule has 0 radical (unpaired) electrons. The summed E-state index contributed by atoms with van der Waals surface area (Å²) in [7, 11) is 1.27. The van der Waals surface area contributed by atoms with Crippen LogP contribution in [0.4, 0.5) is 0 Å². The number of aliphatic carboxylic acids is 1. The first kappa shape index (κ1) is 13.9. The number of carbonyl (C=O) groups excluding carboxylic acids is 1. The molecule has 0 aliphatic rings. The molecular weight excluding hydrogens is 258 g/mol. The molecule has 1 N–H and O–H groups in total. The van der Waals surface area contributed by atoms with Gasteiger partial charge in [0.1, 0.15) is 11.7 Å². The molecule has 1 atom stereocenters. The van der Waals surface area contributed by atoms with Crippen molar-refractivity contribution in [3.8, 4) is 0 Å². The SMILES string of the molecule is COC(=O)c1cccn1C(Cc1ccccc1)C(=O)O. The molecule has 1 aromatic heterocycles. The van der Waals surface area contributed by atoms with Gasteiger partial charge in [-0.15, -0.1) is 0 Å². The van der Waals surface area contributed by atoms with Gasteiger partial charge >= 0.3 is 11.9 Å². The molecule has 1 aromatic carbocycles. The van der Waals surface area contributed by atoms with E-state index in [4.69, 9.17) is 0 Å². The van der Waals surface area contributed by atoms with Crippen molar-refractivity contribution in [2.24, 2.45) is 0 Å². The monoisotopic (exact) mass is 273 g/mol. The van der Waals surface area contributed by atoms with Crippen molar-refractivity contribution < 1.29 is 19.4 Å². The van der Waals surface area contributed by atoms with Crippen LogP contribution in [-0.4, -0.2) is 28.7 Å². The Morgan fingerprint density at radius 3 is 2.50 bits per heavy atom. The molecule has 5 nitrogen and oxygen atoms in total. The smallest absolute Gasteiger partial charge is 0.354 e. The van der Waals surface area contributed by atoms with Crippen molar-refractivity contribution in [2.45, 2.75) is 12.5 Å². The van der Waals surface area contributed by atoms with Crippen LogP contribution in [0, 0.1) is 0 Å². The summed E-state index contributed by atoms with van der Waals surface area (Å²) >= 11 is 0. The Morgan fingerprint density at radius 2 is 1.90 bits per heavy atom.